The van der Waals surface area contributed by atoms with E-state index in [9.17, 15) is 9.18 Å². The van der Waals surface area contributed by atoms with E-state index in [4.69, 9.17) is 4.74 Å². The molecular formula is C17H17FN2O2. The number of aromatic nitrogens is 1. The van der Waals surface area contributed by atoms with Crippen LogP contribution in [0.3, 0.4) is 0 Å². The smallest absolute Gasteiger partial charge is 0.260 e. The molecule has 1 amide bonds. The van der Waals surface area contributed by atoms with E-state index in [1.165, 1.54) is 6.20 Å². The summed E-state index contributed by atoms with van der Waals surface area (Å²) in [4.78, 5) is 18.0. The van der Waals surface area contributed by atoms with Gasteiger partial charge in [-0.3, -0.25) is 9.69 Å². The summed E-state index contributed by atoms with van der Waals surface area (Å²) in [5.41, 5.74) is 1.85. The molecule has 1 atom stereocenters. The van der Waals surface area contributed by atoms with E-state index < -0.39 is 5.95 Å². The number of pyridine rings is 1. The number of amides is 1. The summed E-state index contributed by atoms with van der Waals surface area (Å²) in [6.07, 6.45) is 1.96. The zero-order valence-corrected chi connectivity index (χ0v) is 12.5. The van der Waals surface area contributed by atoms with Gasteiger partial charge in [0.15, 0.2) is 6.73 Å². The van der Waals surface area contributed by atoms with Crippen molar-refractivity contribution in [3.8, 4) is 5.75 Å². The Morgan fingerprint density at radius 1 is 1.36 bits per heavy atom. The topological polar surface area (TPSA) is 42.4 Å². The molecule has 5 heteroatoms. The first kappa shape index (κ1) is 14.5. The molecule has 3 rings (SSSR count). The van der Waals surface area contributed by atoms with Crippen molar-refractivity contribution in [3.63, 3.8) is 0 Å². The molecule has 1 aliphatic heterocycles. The van der Waals surface area contributed by atoms with Crippen molar-refractivity contribution in [2.45, 2.75) is 26.3 Å². The molecule has 0 N–H and O–H groups in total. The maximum atomic E-state index is 13.9. The normalized spacial score (nSPS) is 15.2. The van der Waals surface area contributed by atoms with E-state index in [1.807, 2.05) is 19.9 Å². The number of fused-ring (bicyclic) bond motifs is 1. The second-order valence-corrected chi connectivity index (χ2v) is 5.24. The molecule has 22 heavy (non-hydrogen) atoms. The third kappa shape index (κ3) is 2.32. The van der Waals surface area contributed by atoms with Crippen molar-refractivity contribution in [2.75, 3.05) is 6.73 Å². The molecule has 0 saturated carbocycles. The third-order valence-corrected chi connectivity index (χ3v) is 4.05. The zero-order chi connectivity index (χ0) is 15.7. The molecule has 114 valence electrons. The highest BCUT2D eigenvalue weighted by Crippen LogP contribution is 2.31. The highest BCUT2D eigenvalue weighted by Gasteiger charge is 2.30. The largest absolute Gasteiger partial charge is 0.472 e. The van der Waals surface area contributed by atoms with Crippen LogP contribution in [0, 0.1) is 5.95 Å². The summed E-state index contributed by atoms with van der Waals surface area (Å²) in [5.74, 6) is 0.0128. The minimum Gasteiger partial charge on any atom is -0.472 e. The second kappa shape index (κ2) is 5.75. The number of ether oxygens (including phenoxy) is 1. The van der Waals surface area contributed by atoms with E-state index in [1.54, 1.807) is 29.2 Å². The first-order valence-corrected chi connectivity index (χ1v) is 7.29. The Morgan fingerprint density at radius 3 is 2.91 bits per heavy atom. The fraction of sp³-hybridized carbons (Fsp3) is 0.294. The van der Waals surface area contributed by atoms with Gasteiger partial charge in [0.2, 0.25) is 5.95 Å². The predicted octanol–water partition coefficient (Wildman–Crippen LogP) is 3.34. The standard InChI is InChI=1S/C17H17FN2O2/c1-3-12-13(8-9-19-16(12)18)11(2)20-10-22-15-7-5-4-6-14(15)17(20)21/h4-9,11H,3,10H2,1-2H3. The molecule has 0 saturated heterocycles. The first-order valence-electron chi connectivity index (χ1n) is 7.29. The van der Waals surface area contributed by atoms with Crippen LogP contribution in [0.15, 0.2) is 36.5 Å². The molecule has 2 heterocycles. The minimum absolute atomic E-state index is 0.103. The summed E-state index contributed by atoms with van der Waals surface area (Å²) < 4.78 is 19.5. The summed E-state index contributed by atoms with van der Waals surface area (Å²) in [6, 6.07) is 8.63. The minimum atomic E-state index is -0.474. The van der Waals surface area contributed by atoms with Gasteiger partial charge in [0.1, 0.15) is 5.75 Å². The van der Waals surface area contributed by atoms with Gasteiger partial charge in [-0.1, -0.05) is 19.1 Å². The number of halogens is 1. The predicted molar refractivity (Wildman–Crippen MR) is 80.1 cm³/mol. The summed E-state index contributed by atoms with van der Waals surface area (Å²) in [7, 11) is 0. The van der Waals surface area contributed by atoms with Crippen LogP contribution in [0.4, 0.5) is 4.39 Å². The fourth-order valence-corrected chi connectivity index (χ4v) is 2.80. The number of benzene rings is 1. The highest BCUT2D eigenvalue weighted by atomic mass is 19.1. The number of hydrogen-bond acceptors (Lipinski definition) is 3. The van der Waals surface area contributed by atoms with Gasteiger partial charge in [-0.05, 0) is 37.1 Å². The quantitative estimate of drug-likeness (QED) is 0.817. The van der Waals surface area contributed by atoms with Crippen molar-refractivity contribution < 1.29 is 13.9 Å². The summed E-state index contributed by atoms with van der Waals surface area (Å²) in [5, 5.41) is 0. The van der Waals surface area contributed by atoms with Gasteiger partial charge in [-0.2, -0.15) is 4.39 Å². The average molecular weight is 300 g/mol. The van der Waals surface area contributed by atoms with Crippen LogP contribution < -0.4 is 4.74 Å². The van der Waals surface area contributed by atoms with Gasteiger partial charge >= 0.3 is 0 Å². The average Bonchev–Trinajstić information content (AvgIpc) is 2.54. The molecule has 2 aromatic rings. The SMILES string of the molecule is CCc1c(C(C)N2COc3ccccc3C2=O)ccnc1F. The number of carbonyl (C=O) groups excluding carboxylic acids is 1. The first-order chi connectivity index (χ1) is 10.6. The lowest BCUT2D eigenvalue weighted by Gasteiger charge is -2.34. The molecule has 0 fully saturated rings. The van der Waals surface area contributed by atoms with Crippen LogP contribution in [-0.2, 0) is 6.42 Å². The third-order valence-electron chi connectivity index (χ3n) is 4.05. The Kier molecular flexibility index (Phi) is 3.79. The number of hydrogen-bond donors (Lipinski definition) is 0. The Hall–Kier alpha value is -2.43. The van der Waals surface area contributed by atoms with E-state index in [0.717, 1.165) is 5.56 Å². The van der Waals surface area contributed by atoms with Crippen LogP contribution >= 0.6 is 0 Å². The number of nitrogens with zero attached hydrogens (tertiary/aromatic N) is 2. The maximum absolute atomic E-state index is 13.9. The molecule has 1 aromatic heterocycles. The Morgan fingerprint density at radius 2 is 2.14 bits per heavy atom. The van der Waals surface area contributed by atoms with Gasteiger partial charge in [0, 0.05) is 11.8 Å². The van der Waals surface area contributed by atoms with Crippen LogP contribution in [0.25, 0.3) is 0 Å². The maximum Gasteiger partial charge on any atom is 0.260 e. The van der Waals surface area contributed by atoms with Crippen molar-refractivity contribution in [1.29, 1.82) is 0 Å². The lowest BCUT2D eigenvalue weighted by molar-refractivity contribution is 0.0403. The summed E-state index contributed by atoms with van der Waals surface area (Å²) in [6.45, 7) is 3.91. The van der Waals surface area contributed by atoms with Crippen LogP contribution in [0.2, 0.25) is 0 Å². The Bertz CT molecular complexity index is 718. The van der Waals surface area contributed by atoms with Gasteiger partial charge in [-0.15, -0.1) is 0 Å². The summed E-state index contributed by atoms with van der Waals surface area (Å²) >= 11 is 0. The van der Waals surface area contributed by atoms with Gasteiger partial charge in [-0.25, -0.2) is 4.98 Å². The number of para-hydroxylation sites is 1. The monoisotopic (exact) mass is 300 g/mol. The molecule has 0 bridgehead atoms. The molecule has 1 unspecified atom stereocenters. The van der Waals surface area contributed by atoms with Crippen molar-refractivity contribution in [1.82, 2.24) is 9.88 Å². The van der Waals surface area contributed by atoms with E-state index in [2.05, 4.69) is 4.98 Å². The van der Waals surface area contributed by atoms with Crippen molar-refractivity contribution in [2.24, 2.45) is 0 Å². The highest BCUT2D eigenvalue weighted by molar-refractivity contribution is 5.97. The van der Waals surface area contributed by atoms with Gasteiger partial charge in [0.25, 0.3) is 5.91 Å². The van der Waals surface area contributed by atoms with Crippen LogP contribution in [0.5, 0.6) is 5.75 Å². The van der Waals surface area contributed by atoms with Crippen LogP contribution in [-0.4, -0.2) is 22.5 Å². The molecular weight excluding hydrogens is 283 g/mol. The fourth-order valence-electron chi connectivity index (χ4n) is 2.80. The molecule has 0 aliphatic carbocycles. The lowest BCUT2D eigenvalue weighted by atomic mass is 9.99. The molecule has 0 spiro atoms. The van der Waals surface area contributed by atoms with E-state index in [-0.39, 0.29) is 18.7 Å². The van der Waals surface area contributed by atoms with E-state index in [0.29, 0.717) is 23.3 Å². The van der Waals surface area contributed by atoms with Crippen molar-refractivity contribution >= 4 is 5.91 Å². The zero-order valence-electron chi connectivity index (χ0n) is 12.5. The number of carbonyl (C=O) groups is 1. The molecule has 1 aromatic carbocycles. The van der Waals surface area contributed by atoms with Crippen LogP contribution in [0.1, 0.15) is 41.4 Å². The van der Waals surface area contributed by atoms with E-state index >= 15 is 0 Å². The lowest BCUT2D eigenvalue weighted by Crippen LogP contribution is -2.40. The van der Waals surface area contributed by atoms with Crippen molar-refractivity contribution in [3.05, 3.63) is 59.2 Å². The molecule has 1 aliphatic rings. The molecule has 0 radical (unpaired) electrons. The van der Waals surface area contributed by atoms with Gasteiger partial charge in [0.05, 0.1) is 11.6 Å². The Balaban J connectivity index is 1.96. The Labute approximate surface area is 128 Å². The number of rotatable bonds is 3. The second-order valence-electron chi connectivity index (χ2n) is 5.24. The molecule has 4 nitrogen and oxygen atoms in total. The van der Waals surface area contributed by atoms with Gasteiger partial charge < -0.3 is 4.74 Å².